The van der Waals surface area contributed by atoms with Crippen LogP contribution in [0.2, 0.25) is 0 Å². The van der Waals surface area contributed by atoms with Crippen LogP contribution in [-0.4, -0.2) is 50.4 Å². The summed E-state index contributed by atoms with van der Waals surface area (Å²) in [5, 5.41) is 37.2. The normalized spacial score (nSPS) is 27.0. The van der Waals surface area contributed by atoms with Crippen molar-refractivity contribution in [3.63, 3.8) is 0 Å². The van der Waals surface area contributed by atoms with Gasteiger partial charge in [-0.15, -0.1) is 0 Å². The summed E-state index contributed by atoms with van der Waals surface area (Å²) in [4.78, 5) is 32.9. The first-order chi connectivity index (χ1) is 10.8. The molecule has 7 heteroatoms. The predicted molar refractivity (Wildman–Crippen MR) is 80.8 cm³/mol. The molecule has 132 valence electrons. The van der Waals surface area contributed by atoms with Crippen molar-refractivity contribution >= 4 is 17.7 Å². The lowest BCUT2D eigenvalue weighted by atomic mass is 9.85. The quantitative estimate of drug-likeness (QED) is 0.418. The number of carbonyl (C=O) groups is 3. The third kappa shape index (κ3) is 7.09. The highest BCUT2D eigenvalue weighted by Gasteiger charge is 2.41. The van der Waals surface area contributed by atoms with Crippen LogP contribution >= 0.6 is 0 Å². The van der Waals surface area contributed by atoms with E-state index in [2.05, 4.69) is 0 Å². The summed E-state index contributed by atoms with van der Waals surface area (Å²) in [6.45, 7) is 0. The van der Waals surface area contributed by atoms with E-state index in [9.17, 15) is 24.6 Å². The van der Waals surface area contributed by atoms with E-state index in [0.717, 1.165) is 0 Å². The number of hydrogen-bond donors (Lipinski definition) is 4. The number of ketones is 1. The van der Waals surface area contributed by atoms with Gasteiger partial charge < -0.3 is 20.4 Å². The monoisotopic (exact) mass is 330 g/mol. The van der Waals surface area contributed by atoms with Crippen molar-refractivity contribution in [2.75, 3.05) is 0 Å². The molecule has 0 aromatic carbocycles. The molecule has 4 N–H and O–H groups in total. The summed E-state index contributed by atoms with van der Waals surface area (Å²) in [5.74, 6) is -2.34. The molecule has 1 aliphatic carbocycles. The Bertz CT molecular complexity index is 421. The highest BCUT2D eigenvalue weighted by atomic mass is 16.4. The van der Waals surface area contributed by atoms with Gasteiger partial charge in [0, 0.05) is 25.7 Å². The molecule has 0 heterocycles. The summed E-state index contributed by atoms with van der Waals surface area (Å²) in [6.07, 6.45) is 1.10. The number of aliphatic hydroxyl groups is 2. The Morgan fingerprint density at radius 2 is 1.22 bits per heavy atom. The van der Waals surface area contributed by atoms with E-state index in [1.807, 2.05) is 0 Å². The summed E-state index contributed by atoms with van der Waals surface area (Å²) in [5.41, 5.74) is 0. The third-order valence-corrected chi connectivity index (χ3v) is 4.57. The molecule has 23 heavy (non-hydrogen) atoms. The van der Waals surface area contributed by atoms with Crippen molar-refractivity contribution in [1.82, 2.24) is 0 Å². The lowest BCUT2D eigenvalue weighted by molar-refractivity contribution is -0.138. The van der Waals surface area contributed by atoms with Gasteiger partial charge in [-0.25, -0.2) is 0 Å². The van der Waals surface area contributed by atoms with Crippen LogP contribution < -0.4 is 0 Å². The molecule has 0 aromatic heterocycles. The first kappa shape index (κ1) is 19.6. The molecule has 0 radical (unpaired) electrons. The fourth-order valence-corrected chi connectivity index (χ4v) is 3.32. The van der Waals surface area contributed by atoms with E-state index in [-0.39, 0.29) is 43.3 Å². The van der Waals surface area contributed by atoms with E-state index in [4.69, 9.17) is 10.2 Å². The van der Waals surface area contributed by atoms with Gasteiger partial charge in [-0.05, 0) is 43.9 Å². The molecule has 0 spiro atoms. The standard InChI is InChI=1S/C16H26O7/c17-10(3-1-2-4-15(20)21)5-6-11-12(7-8-16(22)23)14(19)9-13(11)18/h11-14,18-19H,1-9H2,(H,20,21)(H,22,23)/t11-,12+,13+,14-/m1/s1. The van der Waals surface area contributed by atoms with Crippen molar-refractivity contribution in [3.8, 4) is 0 Å². The van der Waals surface area contributed by atoms with Crippen LogP contribution in [0, 0.1) is 11.8 Å². The van der Waals surface area contributed by atoms with Gasteiger partial charge in [-0.3, -0.25) is 14.4 Å². The molecule has 0 aromatic rings. The van der Waals surface area contributed by atoms with Crippen molar-refractivity contribution in [2.24, 2.45) is 11.8 Å². The van der Waals surface area contributed by atoms with Crippen molar-refractivity contribution in [1.29, 1.82) is 0 Å². The van der Waals surface area contributed by atoms with E-state index in [0.29, 0.717) is 32.1 Å². The van der Waals surface area contributed by atoms with Crippen LogP contribution in [0.15, 0.2) is 0 Å². The van der Waals surface area contributed by atoms with E-state index >= 15 is 0 Å². The number of aliphatic hydroxyl groups excluding tert-OH is 2. The van der Waals surface area contributed by atoms with Gasteiger partial charge in [0.2, 0.25) is 0 Å². The number of hydrogen-bond acceptors (Lipinski definition) is 5. The SMILES string of the molecule is O=C(O)CCCCC(=O)CC[C@@H]1[C@H](CCC(=O)O)[C@H](O)C[C@@H]1O. The van der Waals surface area contributed by atoms with Crippen LogP contribution in [0.1, 0.15) is 57.8 Å². The van der Waals surface area contributed by atoms with Gasteiger partial charge in [0.25, 0.3) is 0 Å². The van der Waals surface area contributed by atoms with Gasteiger partial charge in [-0.2, -0.15) is 0 Å². The Hall–Kier alpha value is -1.47. The van der Waals surface area contributed by atoms with E-state index in [1.54, 1.807) is 0 Å². The second kappa shape index (κ2) is 9.62. The molecule has 0 aliphatic heterocycles. The average Bonchev–Trinajstić information content (AvgIpc) is 2.72. The molecule has 7 nitrogen and oxygen atoms in total. The number of Topliss-reactive ketones (excluding diaryl/α,β-unsaturated/α-hetero) is 1. The van der Waals surface area contributed by atoms with Crippen molar-refractivity contribution in [3.05, 3.63) is 0 Å². The van der Waals surface area contributed by atoms with Crippen LogP contribution in [0.3, 0.4) is 0 Å². The highest BCUT2D eigenvalue weighted by molar-refractivity contribution is 5.78. The molecule has 1 fully saturated rings. The maximum atomic E-state index is 11.8. The molecule has 0 amide bonds. The minimum absolute atomic E-state index is 0.0148. The van der Waals surface area contributed by atoms with Crippen LogP contribution in [0.4, 0.5) is 0 Å². The Morgan fingerprint density at radius 3 is 1.74 bits per heavy atom. The summed E-state index contributed by atoms with van der Waals surface area (Å²) in [6, 6.07) is 0. The molecule has 1 aliphatic rings. The van der Waals surface area contributed by atoms with Gasteiger partial charge in [0.1, 0.15) is 5.78 Å². The third-order valence-electron chi connectivity index (χ3n) is 4.57. The van der Waals surface area contributed by atoms with E-state index in [1.165, 1.54) is 0 Å². The maximum Gasteiger partial charge on any atom is 0.303 e. The van der Waals surface area contributed by atoms with E-state index < -0.39 is 24.1 Å². The first-order valence-electron chi connectivity index (χ1n) is 8.12. The molecule has 4 atom stereocenters. The fourth-order valence-electron chi connectivity index (χ4n) is 3.32. The first-order valence-corrected chi connectivity index (χ1v) is 8.12. The molecule has 0 unspecified atom stereocenters. The number of carbonyl (C=O) groups excluding carboxylic acids is 1. The molecule has 1 saturated carbocycles. The molecular formula is C16H26O7. The Kier molecular flexibility index (Phi) is 8.19. The topological polar surface area (TPSA) is 132 Å². The molecule has 1 rings (SSSR count). The largest absolute Gasteiger partial charge is 0.481 e. The second-order valence-electron chi connectivity index (χ2n) is 6.31. The zero-order valence-electron chi connectivity index (χ0n) is 13.2. The number of carboxylic acid groups (broad SMARTS) is 2. The van der Waals surface area contributed by atoms with Gasteiger partial charge in [0.15, 0.2) is 0 Å². The Morgan fingerprint density at radius 1 is 0.739 bits per heavy atom. The lowest BCUT2D eigenvalue weighted by Gasteiger charge is -2.22. The highest BCUT2D eigenvalue weighted by Crippen LogP contribution is 2.38. The average molecular weight is 330 g/mol. The molecular weight excluding hydrogens is 304 g/mol. The van der Waals surface area contributed by atoms with Crippen LogP contribution in [-0.2, 0) is 14.4 Å². The van der Waals surface area contributed by atoms with Gasteiger partial charge in [-0.1, -0.05) is 0 Å². The van der Waals surface area contributed by atoms with Gasteiger partial charge >= 0.3 is 11.9 Å². The van der Waals surface area contributed by atoms with Crippen LogP contribution in [0.25, 0.3) is 0 Å². The zero-order chi connectivity index (χ0) is 17.4. The number of rotatable bonds is 11. The fraction of sp³-hybridized carbons (Fsp3) is 0.812. The summed E-state index contributed by atoms with van der Waals surface area (Å²) in [7, 11) is 0. The number of unbranched alkanes of at least 4 members (excludes halogenated alkanes) is 1. The molecule has 0 saturated heterocycles. The Balaban J connectivity index is 2.36. The Labute approximate surface area is 135 Å². The van der Waals surface area contributed by atoms with Crippen LogP contribution in [0.5, 0.6) is 0 Å². The smallest absolute Gasteiger partial charge is 0.303 e. The maximum absolute atomic E-state index is 11.8. The lowest BCUT2D eigenvalue weighted by Crippen LogP contribution is -2.24. The molecule has 0 bridgehead atoms. The second-order valence-corrected chi connectivity index (χ2v) is 6.31. The van der Waals surface area contributed by atoms with Crippen molar-refractivity contribution < 1.29 is 34.8 Å². The zero-order valence-corrected chi connectivity index (χ0v) is 13.2. The predicted octanol–water partition coefficient (Wildman–Crippen LogP) is 1.20. The van der Waals surface area contributed by atoms with Gasteiger partial charge in [0.05, 0.1) is 12.2 Å². The van der Waals surface area contributed by atoms with Crippen molar-refractivity contribution in [2.45, 2.75) is 70.0 Å². The summed E-state index contributed by atoms with van der Waals surface area (Å²) >= 11 is 0. The number of aliphatic carboxylic acids is 2. The number of carboxylic acids is 2. The minimum atomic E-state index is -0.938. The summed E-state index contributed by atoms with van der Waals surface area (Å²) < 4.78 is 0. The minimum Gasteiger partial charge on any atom is -0.481 e.